The normalized spacial score (nSPS) is 19.8. The van der Waals surface area contributed by atoms with Gasteiger partial charge in [-0.25, -0.2) is 0 Å². The van der Waals surface area contributed by atoms with Crippen molar-refractivity contribution < 1.29 is 9.59 Å². The first-order valence-corrected chi connectivity index (χ1v) is 10.5. The molecule has 1 aliphatic carbocycles. The zero-order chi connectivity index (χ0) is 20.0. The predicted octanol–water partition coefficient (Wildman–Crippen LogP) is 3.78. The third kappa shape index (κ3) is 3.14. The number of benzene rings is 2. The van der Waals surface area contributed by atoms with Crippen LogP contribution >= 0.6 is 11.6 Å². The third-order valence-corrected chi connectivity index (χ3v) is 6.53. The predicted molar refractivity (Wildman–Crippen MR) is 112 cm³/mol. The zero-order valence-corrected chi connectivity index (χ0v) is 16.9. The molecule has 2 aliphatic heterocycles. The Morgan fingerprint density at radius 2 is 1.62 bits per heavy atom. The number of carbonyl (C=O) groups excluding carboxylic acids is 2. The Hall–Kier alpha value is -2.66. The fourth-order valence-corrected chi connectivity index (χ4v) is 4.84. The number of fused-ring (bicyclic) bond motifs is 1. The standard InChI is InChI=1S/C23H22ClN3O2/c24-19-9-7-16(8-10-19)21-22(29)27(23(25-21)11-3-4-12-23)15-20(28)26-13-17-5-1-2-6-18(17)14-26/h1-2,5-10H,3-4,11-15H2. The minimum atomic E-state index is -0.575. The summed E-state index contributed by atoms with van der Waals surface area (Å²) in [5.74, 6) is -0.173. The molecule has 0 radical (unpaired) electrons. The number of amides is 2. The first kappa shape index (κ1) is 18.4. The van der Waals surface area contributed by atoms with Gasteiger partial charge in [0.1, 0.15) is 17.9 Å². The second-order valence-electron chi connectivity index (χ2n) is 8.07. The van der Waals surface area contributed by atoms with E-state index in [0.29, 0.717) is 23.8 Å². The van der Waals surface area contributed by atoms with E-state index >= 15 is 0 Å². The highest BCUT2D eigenvalue weighted by Crippen LogP contribution is 2.41. The average Bonchev–Trinajstić information content (AvgIpc) is 3.43. The highest BCUT2D eigenvalue weighted by atomic mass is 35.5. The lowest BCUT2D eigenvalue weighted by Crippen LogP contribution is -2.50. The zero-order valence-electron chi connectivity index (χ0n) is 16.1. The Bertz CT molecular complexity index is 984. The summed E-state index contributed by atoms with van der Waals surface area (Å²) < 4.78 is 0. The van der Waals surface area contributed by atoms with E-state index in [0.717, 1.165) is 31.2 Å². The lowest BCUT2D eigenvalue weighted by Gasteiger charge is -2.33. The van der Waals surface area contributed by atoms with E-state index in [4.69, 9.17) is 16.6 Å². The molecule has 0 N–H and O–H groups in total. The van der Waals surface area contributed by atoms with Crippen LogP contribution in [0.4, 0.5) is 0 Å². The Labute approximate surface area is 175 Å². The van der Waals surface area contributed by atoms with Gasteiger partial charge in [0.2, 0.25) is 5.91 Å². The lowest BCUT2D eigenvalue weighted by molar-refractivity contribution is -0.140. The molecular weight excluding hydrogens is 386 g/mol. The Kier molecular flexibility index (Phi) is 4.43. The van der Waals surface area contributed by atoms with Crippen molar-refractivity contribution >= 4 is 29.1 Å². The van der Waals surface area contributed by atoms with Crippen molar-refractivity contribution in [1.82, 2.24) is 9.80 Å². The Morgan fingerprint density at radius 3 is 2.24 bits per heavy atom. The molecule has 0 aromatic heterocycles. The van der Waals surface area contributed by atoms with Gasteiger partial charge in [-0.3, -0.25) is 14.6 Å². The smallest absolute Gasteiger partial charge is 0.275 e. The fraction of sp³-hybridized carbons (Fsp3) is 0.348. The minimum absolute atomic E-state index is 0.0200. The molecule has 1 spiro atoms. The molecule has 0 saturated heterocycles. The van der Waals surface area contributed by atoms with Crippen molar-refractivity contribution in [3.05, 3.63) is 70.2 Å². The molecule has 6 heteroatoms. The molecule has 2 heterocycles. The second kappa shape index (κ2) is 6.99. The number of hydrogen-bond acceptors (Lipinski definition) is 3. The van der Waals surface area contributed by atoms with Gasteiger partial charge in [0.15, 0.2) is 0 Å². The molecule has 2 aromatic rings. The van der Waals surface area contributed by atoms with Gasteiger partial charge in [0.25, 0.3) is 5.91 Å². The summed E-state index contributed by atoms with van der Waals surface area (Å²) in [6, 6.07) is 15.3. The van der Waals surface area contributed by atoms with Crippen LogP contribution in [0.1, 0.15) is 42.4 Å². The number of halogens is 1. The Balaban J connectivity index is 1.39. The maximum absolute atomic E-state index is 13.3. The average molecular weight is 408 g/mol. The highest BCUT2D eigenvalue weighted by molar-refractivity contribution is 6.47. The summed E-state index contributed by atoms with van der Waals surface area (Å²) in [5, 5.41) is 0.621. The van der Waals surface area contributed by atoms with E-state index in [-0.39, 0.29) is 18.4 Å². The highest BCUT2D eigenvalue weighted by Gasteiger charge is 2.49. The maximum Gasteiger partial charge on any atom is 0.275 e. The summed E-state index contributed by atoms with van der Waals surface area (Å²) in [5.41, 5.74) is 2.99. The van der Waals surface area contributed by atoms with Crippen LogP contribution in [0, 0.1) is 0 Å². The molecule has 1 saturated carbocycles. The van der Waals surface area contributed by atoms with Crippen molar-refractivity contribution in [2.24, 2.45) is 4.99 Å². The molecule has 0 unspecified atom stereocenters. The van der Waals surface area contributed by atoms with Crippen LogP contribution in [-0.2, 0) is 22.7 Å². The van der Waals surface area contributed by atoms with Crippen LogP contribution < -0.4 is 0 Å². The summed E-state index contributed by atoms with van der Waals surface area (Å²) in [6.45, 7) is 1.29. The van der Waals surface area contributed by atoms with Gasteiger partial charge in [-0.05, 0) is 48.9 Å². The van der Waals surface area contributed by atoms with Crippen molar-refractivity contribution in [2.45, 2.75) is 44.4 Å². The molecule has 2 aromatic carbocycles. The first-order chi connectivity index (χ1) is 14.1. The van der Waals surface area contributed by atoms with E-state index in [1.165, 1.54) is 11.1 Å². The van der Waals surface area contributed by atoms with Crippen LogP contribution in [0.3, 0.4) is 0 Å². The quantitative estimate of drug-likeness (QED) is 0.777. The van der Waals surface area contributed by atoms with Gasteiger partial charge in [0.05, 0.1) is 0 Å². The second-order valence-corrected chi connectivity index (χ2v) is 8.50. The van der Waals surface area contributed by atoms with Crippen LogP contribution in [0.15, 0.2) is 53.5 Å². The Morgan fingerprint density at radius 1 is 1.00 bits per heavy atom. The van der Waals surface area contributed by atoms with Crippen LogP contribution in [0.5, 0.6) is 0 Å². The topological polar surface area (TPSA) is 53.0 Å². The van der Waals surface area contributed by atoms with E-state index in [2.05, 4.69) is 12.1 Å². The van der Waals surface area contributed by atoms with Gasteiger partial charge in [-0.15, -0.1) is 0 Å². The van der Waals surface area contributed by atoms with Crippen LogP contribution in [0.2, 0.25) is 5.02 Å². The molecule has 0 bridgehead atoms. The largest absolute Gasteiger partial charge is 0.332 e. The molecule has 1 fully saturated rings. The van der Waals surface area contributed by atoms with Crippen molar-refractivity contribution in [3.63, 3.8) is 0 Å². The van der Waals surface area contributed by atoms with E-state index < -0.39 is 5.66 Å². The van der Waals surface area contributed by atoms with Gasteiger partial charge < -0.3 is 9.80 Å². The van der Waals surface area contributed by atoms with Gasteiger partial charge >= 0.3 is 0 Å². The summed E-state index contributed by atoms with van der Waals surface area (Å²) >= 11 is 6.00. The SMILES string of the molecule is O=C(CN1C(=O)C(c2ccc(Cl)cc2)=NC12CCCC2)N1Cc2ccccc2C1. The number of carbonyl (C=O) groups is 2. The fourth-order valence-electron chi connectivity index (χ4n) is 4.72. The van der Waals surface area contributed by atoms with Crippen molar-refractivity contribution in [3.8, 4) is 0 Å². The first-order valence-electron chi connectivity index (χ1n) is 10.1. The summed E-state index contributed by atoms with van der Waals surface area (Å²) in [7, 11) is 0. The van der Waals surface area contributed by atoms with Gasteiger partial charge in [-0.1, -0.05) is 48.0 Å². The van der Waals surface area contributed by atoms with Gasteiger partial charge in [-0.2, -0.15) is 0 Å². The van der Waals surface area contributed by atoms with Crippen LogP contribution in [-0.4, -0.2) is 39.5 Å². The third-order valence-electron chi connectivity index (χ3n) is 6.28. The summed E-state index contributed by atoms with van der Waals surface area (Å²) in [6.07, 6.45) is 3.65. The van der Waals surface area contributed by atoms with Crippen LogP contribution in [0.25, 0.3) is 0 Å². The molecule has 2 amide bonds. The number of aliphatic imine (C=N–C) groups is 1. The monoisotopic (exact) mass is 407 g/mol. The molecule has 148 valence electrons. The molecule has 5 rings (SSSR count). The van der Waals surface area contributed by atoms with Crippen molar-refractivity contribution in [1.29, 1.82) is 0 Å². The maximum atomic E-state index is 13.3. The summed E-state index contributed by atoms with van der Waals surface area (Å²) in [4.78, 5) is 34.9. The van der Waals surface area contributed by atoms with E-state index in [1.54, 1.807) is 17.0 Å². The minimum Gasteiger partial charge on any atom is -0.332 e. The van der Waals surface area contributed by atoms with Crippen molar-refractivity contribution in [2.75, 3.05) is 6.54 Å². The molecule has 0 atom stereocenters. The molecule has 29 heavy (non-hydrogen) atoms. The molecule has 5 nitrogen and oxygen atoms in total. The number of hydrogen-bond donors (Lipinski definition) is 0. The molecular formula is C23H22ClN3O2. The number of nitrogens with zero attached hydrogens (tertiary/aromatic N) is 3. The molecule has 3 aliphatic rings. The van der Waals surface area contributed by atoms with E-state index in [9.17, 15) is 9.59 Å². The van der Waals surface area contributed by atoms with E-state index in [1.807, 2.05) is 29.2 Å². The van der Waals surface area contributed by atoms with Gasteiger partial charge in [0, 0.05) is 23.7 Å². The number of rotatable bonds is 3. The lowest BCUT2D eigenvalue weighted by atomic mass is 10.1.